The van der Waals surface area contributed by atoms with Gasteiger partial charge in [0.15, 0.2) is 11.2 Å². The highest BCUT2D eigenvalue weighted by atomic mass is 35.5. The monoisotopic (exact) mass is 494 g/mol. The second-order valence-electron chi connectivity index (χ2n) is 9.32. The number of carbonyl (C=O) groups is 1. The summed E-state index contributed by atoms with van der Waals surface area (Å²) in [4.78, 5) is 29.6. The Kier molecular flexibility index (Phi) is 8.62. The van der Waals surface area contributed by atoms with E-state index >= 15 is 0 Å². The predicted molar refractivity (Wildman–Crippen MR) is 132 cm³/mol. The van der Waals surface area contributed by atoms with Crippen LogP contribution in [-0.4, -0.2) is 74.9 Å². The molecule has 0 unspecified atom stereocenters. The lowest BCUT2D eigenvalue weighted by Gasteiger charge is -2.30. The van der Waals surface area contributed by atoms with Gasteiger partial charge in [0.1, 0.15) is 10.8 Å². The zero-order valence-corrected chi connectivity index (χ0v) is 21.7. The molecule has 0 amide bonds. The van der Waals surface area contributed by atoms with Crippen LogP contribution in [0.1, 0.15) is 37.5 Å². The van der Waals surface area contributed by atoms with Crippen LogP contribution < -0.4 is 10.4 Å². The number of esters is 1. The van der Waals surface area contributed by atoms with E-state index in [0.717, 1.165) is 36.1 Å². The molecular formula is C25H35ClN2O6. The van der Waals surface area contributed by atoms with Gasteiger partial charge in [0.05, 0.1) is 19.8 Å². The molecule has 0 N–H and O–H groups in total. The number of hydrogen-bond acceptors (Lipinski definition) is 8. The molecule has 1 fully saturated rings. The summed E-state index contributed by atoms with van der Waals surface area (Å²) in [6.45, 7) is 11.3. The van der Waals surface area contributed by atoms with Crippen molar-refractivity contribution in [3.8, 4) is 5.75 Å². The molecule has 1 saturated heterocycles. The molecule has 0 bridgehead atoms. The number of hydrogen-bond donors (Lipinski definition) is 0. The first-order valence-corrected chi connectivity index (χ1v) is 12.0. The molecule has 0 radical (unpaired) electrons. The lowest BCUT2D eigenvalue weighted by molar-refractivity contribution is -0.158. The summed E-state index contributed by atoms with van der Waals surface area (Å²) in [5.41, 5.74) is 0.855. The van der Waals surface area contributed by atoms with Crippen molar-refractivity contribution in [2.75, 3.05) is 53.6 Å². The van der Waals surface area contributed by atoms with E-state index in [1.54, 1.807) is 20.8 Å². The molecule has 0 aliphatic carbocycles. The second-order valence-corrected chi connectivity index (χ2v) is 9.70. The summed E-state index contributed by atoms with van der Waals surface area (Å²) in [7, 11) is 3.93. The van der Waals surface area contributed by atoms with Crippen LogP contribution in [-0.2, 0) is 27.2 Å². The van der Waals surface area contributed by atoms with Gasteiger partial charge in [-0.15, -0.1) is 0 Å². The molecule has 0 atom stereocenters. The molecule has 8 nitrogen and oxygen atoms in total. The highest BCUT2D eigenvalue weighted by Gasteiger charge is 2.34. The van der Waals surface area contributed by atoms with Crippen molar-refractivity contribution in [1.82, 2.24) is 9.80 Å². The van der Waals surface area contributed by atoms with E-state index in [2.05, 4.69) is 4.90 Å². The number of likely N-dealkylation sites (N-methyl/N-ethyl adjacent to an activating group) is 1. The number of ether oxygens (including phenoxy) is 3. The van der Waals surface area contributed by atoms with Crippen LogP contribution in [0.4, 0.5) is 0 Å². The third kappa shape index (κ3) is 5.92. The Morgan fingerprint density at radius 2 is 1.94 bits per heavy atom. The fraction of sp³-hybridized carbons (Fsp3) is 0.600. The van der Waals surface area contributed by atoms with Crippen molar-refractivity contribution < 1.29 is 23.4 Å². The summed E-state index contributed by atoms with van der Waals surface area (Å²) in [5, 5.41) is 0.945. The average Bonchev–Trinajstić information content (AvgIpc) is 2.78. The molecule has 188 valence electrons. The van der Waals surface area contributed by atoms with Crippen LogP contribution >= 0.6 is 11.6 Å². The number of benzene rings is 1. The van der Waals surface area contributed by atoms with Crippen molar-refractivity contribution in [3.05, 3.63) is 38.2 Å². The lowest BCUT2D eigenvalue weighted by atomic mass is 10.0. The van der Waals surface area contributed by atoms with Crippen molar-refractivity contribution in [2.24, 2.45) is 0 Å². The Bertz CT molecular complexity index is 1090. The number of morpholine rings is 1. The summed E-state index contributed by atoms with van der Waals surface area (Å²) in [5.74, 6) is -0.178. The molecule has 34 heavy (non-hydrogen) atoms. The van der Waals surface area contributed by atoms with Gasteiger partial charge in [-0.2, -0.15) is 0 Å². The molecule has 0 spiro atoms. The van der Waals surface area contributed by atoms with E-state index in [-0.39, 0.29) is 17.2 Å². The molecule has 1 aromatic heterocycles. The van der Waals surface area contributed by atoms with E-state index in [1.807, 2.05) is 32.0 Å². The molecule has 1 aliphatic heterocycles. The van der Waals surface area contributed by atoms with Crippen LogP contribution in [0.25, 0.3) is 11.0 Å². The summed E-state index contributed by atoms with van der Waals surface area (Å²) >= 11 is 6.81. The molecule has 9 heteroatoms. The summed E-state index contributed by atoms with van der Waals surface area (Å²) < 4.78 is 22.6. The van der Waals surface area contributed by atoms with E-state index in [0.29, 0.717) is 37.5 Å². The molecule has 2 aromatic rings. The largest absolute Gasteiger partial charge is 0.474 e. The molecule has 2 heterocycles. The van der Waals surface area contributed by atoms with Gasteiger partial charge in [0.2, 0.25) is 0 Å². The van der Waals surface area contributed by atoms with E-state index in [1.165, 1.54) is 0 Å². The Labute approximate surface area is 205 Å². The maximum absolute atomic E-state index is 12.8. The SMILES string of the molecule is CCOC(=O)C(C)(C)Oc1c(CN2CCOCC2)cc2c(C)c(CCN(C)C)c(=O)oc2c1Cl. The smallest absolute Gasteiger partial charge is 0.349 e. The number of carbonyl (C=O) groups excluding carboxylic acids is 1. The maximum Gasteiger partial charge on any atom is 0.349 e. The van der Waals surface area contributed by atoms with Crippen LogP contribution in [0.15, 0.2) is 15.3 Å². The van der Waals surface area contributed by atoms with Gasteiger partial charge >= 0.3 is 11.6 Å². The van der Waals surface area contributed by atoms with Crippen LogP contribution in [0, 0.1) is 6.92 Å². The van der Waals surface area contributed by atoms with E-state index in [4.69, 9.17) is 30.2 Å². The molecule has 1 aliphatic rings. The predicted octanol–water partition coefficient (Wildman–Crippen LogP) is 3.41. The first kappa shape index (κ1) is 26.5. The fourth-order valence-electron chi connectivity index (χ4n) is 3.97. The number of rotatable bonds is 9. The number of halogens is 1. The van der Waals surface area contributed by atoms with Crippen LogP contribution in [0.2, 0.25) is 5.02 Å². The standard InChI is InChI=1S/C25H35ClN2O6/c1-7-32-24(30)25(3,4)34-21-17(15-28-10-12-31-13-11-28)14-19-16(2)18(8-9-27(5)6)23(29)33-22(19)20(21)26/h14H,7-13,15H2,1-6H3. The summed E-state index contributed by atoms with van der Waals surface area (Å²) in [6.07, 6.45) is 0.571. The van der Waals surface area contributed by atoms with Crippen LogP contribution in [0.5, 0.6) is 5.75 Å². The topological polar surface area (TPSA) is 81.5 Å². The highest BCUT2D eigenvalue weighted by molar-refractivity contribution is 6.36. The normalized spacial score (nSPS) is 15.2. The van der Waals surface area contributed by atoms with E-state index < -0.39 is 17.2 Å². The minimum Gasteiger partial charge on any atom is -0.474 e. The number of nitrogens with zero attached hydrogens (tertiary/aromatic N) is 2. The minimum absolute atomic E-state index is 0.178. The van der Waals surface area contributed by atoms with Gasteiger partial charge in [0.25, 0.3) is 0 Å². The van der Waals surface area contributed by atoms with Crippen molar-refractivity contribution in [2.45, 2.75) is 46.3 Å². The third-order valence-electron chi connectivity index (χ3n) is 5.98. The van der Waals surface area contributed by atoms with Gasteiger partial charge in [-0.25, -0.2) is 9.59 Å². The molecular weight excluding hydrogens is 460 g/mol. The molecule has 1 aromatic carbocycles. The second kappa shape index (κ2) is 11.1. The Morgan fingerprint density at radius 1 is 1.26 bits per heavy atom. The van der Waals surface area contributed by atoms with Gasteiger partial charge < -0.3 is 23.5 Å². The average molecular weight is 495 g/mol. The Hall–Kier alpha value is -2.13. The van der Waals surface area contributed by atoms with Crippen LogP contribution in [0.3, 0.4) is 0 Å². The number of fused-ring (bicyclic) bond motifs is 1. The van der Waals surface area contributed by atoms with Gasteiger partial charge in [-0.3, -0.25) is 4.90 Å². The first-order chi connectivity index (χ1) is 16.0. The van der Waals surface area contributed by atoms with Gasteiger partial charge in [0, 0.05) is 42.7 Å². The van der Waals surface area contributed by atoms with Crippen molar-refractivity contribution >= 4 is 28.5 Å². The van der Waals surface area contributed by atoms with Gasteiger partial charge in [-0.1, -0.05) is 11.6 Å². The van der Waals surface area contributed by atoms with Crippen molar-refractivity contribution in [3.63, 3.8) is 0 Å². The molecule has 3 rings (SSSR count). The lowest BCUT2D eigenvalue weighted by Crippen LogP contribution is -2.40. The third-order valence-corrected chi connectivity index (χ3v) is 6.33. The quantitative estimate of drug-likeness (QED) is 0.387. The Morgan fingerprint density at radius 3 is 2.56 bits per heavy atom. The minimum atomic E-state index is -1.28. The highest BCUT2D eigenvalue weighted by Crippen LogP contribution is 2.40. The number of aryl methyl sites for hydroxylation is 1. The zero-order valence-electron chi connectivity index (χ0n) is 21.0. The summed E-state index contributed by atoms with van der Waals surface area (Å²) in [6, 6.07) is 1.96. The Balaban J connectivity index is 2.14. The van der Waals surface area contributed by atoms with Crippen molar-refractivity contribution in [1.29, 1.82) is 0 Å². The maximum atomic E-state index is 12.8. The van der Waals surface area contributed by atoms with Gasteiger partial charge in [-0.05, 0) is 59.8 Å². The fourth-order valence-corrected chi connectivity index (χ4v) is 4.27. The molecule has 0 saturated carbocycles. The first-order valence-electron chi connectivity index (χ1n) is 11.6. The zero-order chi connectivity index (χ0) is 25.0. The van der Waals surface area contributed by atoms with E-state index in [9.17, 15) is 9.59 Å².